The number of nitrogens with zero attached hydrogens (tertiary/aromatic N) is 2. The Balaban J connectivity index is 1.53. The summed E-state index contributed by atoms with van der Waals surface area (Å²) in [5, 5.41) is 0.423. The number of rotatable bonds is 4. The molecule has 0 spiro atoms. The van der Waals surface area contributed by atoms with Gasteiger partial charge >= 0.3 is 0 Å². The van der Waals surface area contributed by atoms with Gasteiger partial charge in [-0.05, 0) is 60.1 Å². The van der Waals surface area contributed by atoms with Crippen LogP contribution in [0.3, 0.4) is 0 Å². The average molecular weight is 474 g/mol. The van der Waals surface area contributed by atoms with Gasteiger partial charge in [0.15, 0.2) is 4.77 Å². The number of H-pyrrole nitrogens is 1. The molecule has 1 aromatic heterocycles. The molecule has 7 nitrogen and oxygen atoms in total. The van der Waals surface area contributed by atoms with Crippen LogP contribution in [0.15, 0.2) is 65.5 Å². The summed E-state index contributed by atoms with van der Waals surface area (Å²) in [4.78, 5) is 31.6. The van der Waals surface area contributed by atoms with E-state index in [9.17, 15) is 9.59 Å². The maximum absolute atomic E-state index is 13.4. The molecule has 1 aliphatic rings. The van der Waals surface area contributed by atoms with E-state index in [0.29, 0.717) is 46.7 Å². The molecule has 0 saturated carbocycles. The highest BCUT2D eigenvalue weighted by molar-refractivity contribution is 7.71. The van der Waals surface area contributed by atoms with Crippen LogP contribution in [0.2, 0.25) is 0 Å². The molecule has 1 aliphatic heterocycles. The zero-order valence-corrected chi connectivity index (χ0v) is 19.6. The zero-order chi connectivity index (χ0) is 23.8. The molecule has 0 fully saturated rings. The number of hydrogen-bond donors (Lipinski definition) is 1. The number of benzene rings is 3. The molecular weight excluding hydrogens is 450 g/mol. The first-order valence-electron chi connectivity index (χ1n) is 10.9. The van der Waals surface area contributed by atoms with Crippen LogP contribution in [0.25, 0.3) is 16.6 Å². The summed E-state index contributed by atoms with van der Waals surface area (Å²) >= 11 is 5.52. The van der Waals surface area contributed by atoms with E-state index in [-0.39, 0.29) is 16.2 Å². The van der Waals surface area contributed by atoms with E-state index in [1.165, 1.54) is 22.8 Å². The van der Waals surface area contributed by atoms with Gasteiger partial charge in [-0.3, -0.25) is 9.59 Å². The van der Waals surface area contributed by atoms with Crippen LogP contribution in [-0.4, -0.2) is 41.1 Å². The highest BCUT2D eigenvalue weighted by Crippen LogP contribution is 2.28. The van der Waals surface area contributed by atoms with E-state index >= 15 is 0 Å². The standard InChI is InChI=1S/C26H23N3O4S/c1-32-19-8-10-22(23(14-19)33-2)29-25(31)20-9-7-17(13-21(20)27-26(29)34)24(30)28-12-11-16-5-3-4-6-18(16)15-28/h3-10,13-14H,11-12,15H2,1-2H3,(H,27,34). The first kappa shape index (κ1) is 21.9. The first-order valence-corrected chi connectivity index (χ1v) is 11.3. The van der Waals surface area contributed by atoms with Gasteiger partial charge in [-0.2, -0.15) is 0 Å². The van der Waals surface area contributed by atoms with Crippen molar-refractivity contribution in [1.29, 1.82) is 0 Å². The third-order valence-electron chi connectivity index (χ3n) is 6.19. The molecule has 3 aromatic carbocycles. The highest BCUT2D eigenvalue weighted by Gasteiger charge is 2.22. The van der Waals surface area contributed by atoms with Gasteiger partial charge in [0.25, 0.3) is 11.5 Å². The van der Waals surface area contributed by atoms with Crippen LogP contribution in [0.4, 0.5) is 0 Å². The number of ether oxygens (including phenoxy) is 2. The lowest BCUT2D eigenvalue weighted by Crippen LogP contribution is -2.36. The maximum atomic E-state index is 13.4. The molecule has 8 heteroatoms. The Bertz CT molecular complexity index is 1540. The Morgan fingerprint density at radius 1 is 1.00 bits per heavy atom. The van der Waals surface area contributed by atoms with Gasteiger partial charge in [-0.25, -0.2) is 4.57 Å². The molecule has 0 bridgehead atoms. The lowest BCUT2D eigenvalue weighted by Gasteiger charge is -2.29. The van der Waals surface area contributed by atoms with E-state index in [0.717, 1.165) is 6.42 Å². The van der Waals surface area contributed by atoms with Gasteiger partial charge in [-0.1, -0.05) is 24.3 Å². The van der Waals surface area contributed by atoms with Gasteiger partial charge in [0.05, 0.1) is 30.8 Å². The number of carbonyl (C=O) groups is 1. The highest BCUT2D eigenvalue weighted by atomic mass is 32.1. The Labute approximate surface area is 201 Å². The fourth-order valence-corrected chi connectivity index (χ4v) is 4.68. The maximum Gasteiger partial charge on any atom is 0.266 e. The summed E-state index contributed by atoms with van der Waals surface area (Å²) in [7, 11) is 3.08. The van der Waals surface area contributed by atoms with Gasteiger partial charge in [0.1, 0.15) is 11.5 Å². The van der Waals surface area contributed by atoms with E-state index < -0.39 is 0 Å². The molecular formula is C26H23N3O4S. The third kappa shape index (κ3) is 3.76. The predicted molar refractivity (Wildman–Crippen MR) is 133 cm³/mol. The van der Waals surface area contributed by atoms with E-state index in [1.54, 1.807) is 43.5 Å². The fourth-order valence-electron chi connectivity index (χ4n) is 4.39. The summed E-state index contributed by atoms with van der Waals surface area (Å²) in [6.45, 7) is 1.23. The summed E-state index contributed by atoms with van der Waals surface area (Å²) in [5.74, 6) is 0.988. The molecule has 0 unspecified atom stereocenters. The van der Waals surface area contributed by atoms with Crippen molar-refractivity contribution in [3.8, 4) is 17.2 Å². The summed E-state index contributed by atoms with van der Waals surface area (Å²) in [6, 6.07) is 18.4. The van der Waals surface area contributed by atoms with E-state index in [2.05, 4.69) is 17.1 Å². The molecule has 0 radical (unpaired) electrons. The van der Waals surface area contributed by atoms with Crippen LogP contribution >= 0.6 is 12.2 Å². The van der Waals surface area contributed by atoms with Crippen LogP contribution in [-0.2, 0) is 13.0 Å². The minimum atomic E-state index is -0.298. The molecule has 0 saturated heterocycles. The minimum Gasteiger partial charge on any atom is -0.497 e. The summed E-state index contributed by atoms with van der Waals surface area (Å²) in [6.07, 6.45) is 0.826. The predicted octanol–water partition coefficient (Wildman–Crippen LogP) is 4.26. The lowest BCUT2D eigenvalue weighted by atomic mass is 9.99. The Morgan fingerprint density at radius 3 is 2.56 bits per heavy atom. The number of amides is 1. The molecule has 5 rings (SSSR count). The topological polar surface area (TPSA) is 76.6 Å². The Hall–Kier alpha value is -3.91. The van der Waals surface area contributed by atoms with Gasteiger partial charge < -0.3 is 19.4 Å². The SMILES string of the molecule is COc1ccc(-n2c(=S)[nH]c3cc(C(=O)N4CCc5ccccc5C4)ccc3c2=O)c(OC)c1. The lowest BCUT2D eigenvalue weighted by molar-refractivity contribution is 0.0735. The van der Waals surface area contributed by atoms with Crippen molar-refractivity contribution in [3.63, 3.8) is 0 Å². The van der Waals surface area contributed by atoms with Crippen LogP contribution in [0.1, 0.15) is 21.5 Å². The van der Waals surface area contributed by atoms with Crippen molar-refractivity contribution in [2.24, 2.45) is 0 Å². The van der Waals surface area contributed by atoms with Crippen LogP contribution in [0.5, 0.6) is 11.5 Å². The largest absolute Gasteiger partial charge is 0.497 e. The van der Waals surface area contributed by atoms with Crippen molar-refractivity contribution in [1.82, 2.24) is 14.5 Å². The van der Waals surface area contributed by atoms with Crippen molar-refractivity contribution in [2.45, 2.75) is 13.0 Å². The fraction of sp³-hybridized carbons (Fsp3) is 0.192. The molecule has 1 amide bonds. The van der Waals surface area contributed by atoms with E-state index in [1.807, 2.05) is 17.0 Å². The normalized spacial score (nSPS) is 12.9. The summed E-state index contributed by atoms with van der Waals surface area (Å²) < 4.78 is 12.3. The molecule has 0 atom stereocenters. The van der Waals surface area contributed by atoms with E-state index in [4.69, 9.17) is 21.7 Å². The van der Waals surface area contributed by atoms with Gasteiger partial charge in [0, 0.05) is 24.7 Å². The number of aromatic amines is 1. The number of carbonyl (C=O) groups excluding carboxylic acids is 1. The third-order valence-corrected chi connectivity index (χ3v) is 6.48. The molecule has 2 heterocycles. The number of aromatic nitrogens is 2. The second-order valence-corrected chi connectivity index (χ2v) is 8.50. The second-order valence-electron chi connectivity index (χ2n) is 8.11. The Kier molecular flexibility index (Phi) is 5.67. The monoisotopic (exact) mass is 473 g/mol. The minimum absolute atomic E-state index is 0.0725. The van der Waals surface area contributed by atoms with Crippen molar-refractivity contribution < 1.29 is 14.3 Å². The van der Waals surface area contributed by atoms with Crippen molar-refractivity contribution >= 4 is 29.0 Å². The molecule has 1 N–H and O–H groups in total. The molecule has 4 aromatic rings. The number of fused-ring (bicyclic) bond motifs is 2. The Morgan fingerprint density at radius 2 is 1.79 bits per heavy atom. The number of hydrogen-bond acceptors (Lipinski definition) is 5. The first-order chi connectivity index (χ1) is 16.5. The van der Waals surface area contributed by atoms with Gasteiger partial charge in [0.2, 0.25) is 0 Å². The van der Waals surface area contributed by atoms with Crippen molar-refractivity contribution in [2.75, 3.05) is 20.8 Å². The smallest absolute Gasteiger partial charge is 0.266 e. The molecule has 172 valence electrons. The quantitative estimate of drug-likeness (QED) is 0.448. The van der Waals surface area contributed by atoms with Gasteiger partial charge in [-0.15, -0.1) is 0 Å². The number of nitrogens with one attached hydrogen (secondary N) is 1. The molecule has 0 aliphatic carbocycles. The summed E-state index contributed by atoms with van der Waals surface area (Å²) in [5.41, 5.74) is 3.68. The molecule has 34 heavy (non-hydrogen) atoms. The second kappa shape index (κ2) is 8.79. The van der Waals surface area contributed by atoms with Crippen molar-refractivity contribution in [3.05, 3.63) is 92.5 Å². The van der Waals surface area contributed by atoms with Crippen LogP contribution < -0.4 is 15.0 Å². The average Bonchev–Trinajstić information content (AvgIpc) is 2.87. The number of methoxy groups -OCH3 is 2. The zero-order valence-electron chi connectivity index (χ0n) is 18.8. The van der Waals surface area contributed by atoms with Crippen LogP contribution in [0, 0.1) is 4.77 Å².